The number of nitrogens with zero attached hydrogens (tertiary/aromatic N) is 2. The Bertz CT molecular complexity index is 527. The van der Waals surface area contributed by atoms with E-state index in [0.717, 1.165) is 48.9 Å². The molecule has 0 aromatic carbocycles. The number of carbonyl (C=O) groups is 1. The van der Waals surface area contributed by atoms with E-state index >= 15 is 0 Å². The first kappa shape index (κ1) is 18.2. The molecule has 1 fully saturated rings. The van der Waals surface area contributed by atoms with Gasteiger partial charge in [0.15, 0.2) is 0 Å². The zero-order chi connectivity index (χ0) is 16.9. The monoisotopic (exact) mass is 383 g/mol. The number of nitrogens with one attached hydrogen (secondary N) is 1. The summed E-state index contributed by atoms with van der Waals surface area (Å²) in [5.74, 6) is 0. The van der Waals surface area contributed by atoms with Crippen molar-refractivity contribution < 1.29 is 9.53 Å². The van der Waals surface area contributed by atoms with Crippen LogP contribution < -0.4 is 5.32 Å². The van der Waals surface area contributed by atoms with Crippen molar-refractivity contribution in [1.29, 1.82) is 0 Å². The maximum absolute atomic E-state index is 12.2. The van der Waals surface area contributed by atoms with E-state index in [1.807, 2.05) is 31.9 Å². The first-order chi connectivity index (χ1) is 10.8. The van der Waals surface area contributed by atoms with Crippen LogP contribution in [0.25, 0.3) is 0 Å². The van der Waals surface area contributed by atoms with E-state index in [9.17, 15) is 4.79 Å². The van der Waals surface area contributed by atoms with Gasteiger partial charge in [-0.2, -0.15) is 0 Å². The molecule has 0 bridgehead atoms. The first-order valence-corrected chi connectivity index (χ1v) is 8.94. The van der Waals surface area contributed by atoms with Crippen LogP contribution in [0.2, 0.25) is 0 Å². The van der Waals surface area contributed by atoms with Crippen molar-refractivity contribution in [3.05, 3.63) is 28.5 Å². The van der Waals surface area contributed by atoms with Crippen LogP contribution in [-0.2, 0) is 11.3 Å². The van der Waals surface area contributed by atoms with Gasteiger partial charge in [0, 0.05) is 36.0 Å². The molecular weight excluding hydrogens is 358 g/mol. The number of hydrogen-bond acceptors (Lipinski definition) is 4. The van der Waals surface area contributed by atoms with E-state index in [4.69, 9.17) is 4.74 Å². The van der Waals surface area contributed by atoms with Gasteiger partial charge in [-0.1, -0.05) is 0 Å². The Kier molecular flexibility index (Phi) is 6.41. The van der Waals surface area contributed by atoms with Gasteiger partial charge < -0.3 is 15.0 Å². The molecule has 2 rings (SSSR count). The minimum Gasteiger partial charge on any atom is -0.444 e. The molecule has 0 unspecified atom stereocenters. The molecule has 23 heavy (non-hydrogen) atoms. The number of ether oxygens (including phenoxy) is 1. The van der Waals surface area contributed by atoms with E-state index in [0.29, 0.717) is 6.04 Å². The second-order valence-corrected chi connectivity index (χ2v) is 7.86. The average molecular weight is 384 g/mol. The Balaban J connectivity index is 1.69. The summed E-state index contributed by atoms with van der Waals surface area (Å²) in [6.07, 6.45) is 6.55. The lowest BCUT2D eigenvalue weighted by atomic mass is 10.2. The van der Waals surface area contributed by atoms with Gasteiger partial charge >= 0.3 is 6.09 Å². The lowest BCUT2D eigenvalue weighted by molar-refractivity contribution is 0.0232. The minimum absolute atomic E-state index is 0.184. The highest BCUT2D eigenvalue weighted by Crippen LogP contribution is 2.28. The summed E-state index contributed by atoms with van der Waals surface area (Å²) in [6.45, 7) is 8.10. The van der Waals surface area contributed by atoms with Crippen molar-refractivity contribution in [1.82, 2.24) is 15.2 Å². The Morgan fingerprint density at radius 1 is 1.43 bits per heavy atom. The summed E-state index contributed by atoms with van der Waals surface area (Å²) in [4.78, 5) is 18.3. The fraction of sp³-hybridized carbons (Fsp3) is 0.647. The smallest absolute Gasteiger partial charge is 0.410 e. The molecule has 1 aliphatic rings. The van der Waals surface area contributed by atoms with Crippen LogP contribution in [-0.4, -0.2) is 40.7 Å². The zero-order valence-electron chi connectivity index (χ0n) is 14.1. The van der Waals surface area contributed by atoms with E-state index < -0.39 is 5.60 Å². The standard InChI is InChI=1S/C17H26BrN3O2/c1-17(2,3)23-16(22)21(15-5-6-15)8-4-7-19-10-13-9-14(18)12-20-11-13/h9,11-12,15,19H,4-8,10H2,1-3H3. The van der Waals surface area contributed by atoms with E-state index in [-0.39, 0.29) is 6.09 Å². The summed E-state index contributed by atoms with van der Waals surface area (Å²) in [6, 6.07) is 2.43. The van der Waals surface area contributed by atoms with Gasteiger partial charge in [-0.15, -0.1) is 0 Å². The van der Waals surface area contributed by atoms with Crippen LogP contribution in [0.5, 0.6) is 0 Å². The van der Waals surface area contributed by atoms with Gasteiger partial charge in [-0.3, -0.25) is 4.98 Å². The maximum atomic E-state index is 12.2. The van der Waals surface area contributed by atoms with Crippen LogP contribution in [0.15, 0.2) is 22.9 Å². The maximum Gasteiger partial charge on any atom is 0.410 e. The highest BCUT2D eigenvalue weighted by Gasteiger charge is 2.34. The summed E-state index contributed by atoms with van der Waals surface area (Å²) >= 11 is 3.42. The highest BCUT2D eigenvalue weighted by molar-refractivity contribution is 9.10. The fourth-order valence-electron chi connectivity index (χ4n) is 2.29. The van der Waals surface area contributed by atoms with Crippen LogP contribution in [0, 0.1) is 0 Å². The van der Waals surface area contributed by atoms with Crippen molar-refractivity contribution >= 4 is 22.0 Å². The molecule has 1 aliphatic carbocycles. The third kappa shape index (κ3) is 6.87. The van der Waals surface area contributed by atoms with Crippen molar-refractivity contribution in [2.24, 2.45) is 0 Å². The van der Waals surface area contributed by atoms with Gasteiger partial charge in [-0.25, -0.2) is 4.79 Å². The molecule has 6 heteroatoms. The lowest BCUT2D eigenvalue weighted by Crippen LogP contribution is -2.39. The summed E-state index contributed by atoms with van der Waals surface area (Å²) in [7, 11) is 0. The molecule has 0 atom stereocenters. The number of carbonyl (C=O) groups excluding carboxylic acids is 1. The number of aromatic nitrogens is 1. The highest BCUT2D eigenvalue weighted by atomic mass is 79.9. The molecule has 1 N–H and O–H groups in total. The Labute approximate surface area is 146 Å². The van der Waals surface area contributed by atoms with Gasteiger partial charge in [0.1, 0.15) is 5.60 Å². The normalized spacial score (nSPS) is 14.6. The van der Waals surface area contributed by atoms with Gasteiger partial charge in [0.2, 0.25) is 0 Å². The average Bonchev–Trinajstić information content (AvgIpc) is 3.25. The third-order valence-electron chi connectivity index (χ3n) is 3.46. The lowest BCUT2D eigenvalue weighted by Gasteiger charge is -2.27. The molecule has 1 saturated carbocycles. The first-order valence-electron chi connectivity index (χ1n) is 8.15. The fourth-order valence-corrected chi connectivity index (χ4v) is 2.70. The topological polar surface area (TPSA) is 54.5 Å². The summed E-state index contributed by atoms with van der Waals surface area (Å²) < 4.78 is 6.48. The predicted octanol–water partition coefficient (Wildman–Crippen LogP) is 3.72. The van der Waals surface area contributed by atoms with Crippen LogP contribution in [0.3, 0.4) is 0 Å². The summed E-state index contributed by atoms with van der Waals surface area (Å²) in [5, 5.41) is 3.39. The minimum atomic E-state index is -0.434. The number of amides is 1. The number of hydrogen-bond donors (Lipinski definition) is 1. The number of rotatable bonds is 7. The third-order valence-corrected chi connectivity index (χ3v) is 3.89. The summed E-state index contributed by atoms with van der Waals surface area (Å²) in [5.41, 5.74) is 0.710. The Hall–Kier alpha value is -1.14. The Morgan fingerprint density at radius 2 is 2.17 bits per heavy atom. The van der Waals surface area contributed by atoms with Crippen molar-refractivity contribution in [3.63, 3.8) is 0 Å². The van der Waals surface area contributed by atoms with Crippen molar-refractivity contribution in [2.75, 3.05) is 13.1 Å². The van der Waals surface area contributed by atoms with Crippen LogP contribution in [0.1, 0.15) is 45.6 Å². The molecule has 128 valence electrons. The molecule has 0 spiro atoms. The number of halogens is 1. The van der Waals surface area contributed by atoms with Crippen molar-refractivity contribution in [2.45, 2.75) is 58.2 Å². The molecule has 0 radical (unpaired) electrons. The molecule has 0 aliphatic heterocycles. The van der Waals surface area contributed by atoms with Gasteiger partial charge in [-0.05, 0) is 74.1 Å². The van der Waals surface area contributed by atoms with Crippen LogP contribution in [0.4, 0.5) is 4.79 Å². The molecule has 1 heterocycles. The van der Waals surface area contributed by atoms with Gasteiger partial charge in [0.05, 0.1) is 0 Å². The van der Waals surface area contributed by atoms with E-state index in [1.165, 1.54) is 0 Å². The molecule has 5 nitrogen and oxygen atoms in total. The molecular formula is C17H26BrN3O2. The molecule has 1 amide bonds. The number of pyridine rings is 1. The SMILES string of the molecule is CC(C)(C)OC(=O)N(CCCNCc1cncc(Br)c1)C1CC1. The molecule has 1 aromatic heterocycles. The quantitative estimate of drug-likeness (QED) is 0.728. The molecule has 0 saturated heterocycles. The van der Waals surface area contributed by atoms with Crippen LogP contribution >= 0.6 is 15.9 Å². The second-order valence-electron chi connectivity index (χ2n) is 6.95. The van der Waals surface area contributed by atoms with E-state index in [2.05, 4.69) is 32.3 Å². The van der Waals surface area contributed by atoms with Crippen molar-refractivity contribution in [3.8, 4) is 0 Å². The Morgan fingerprint density at radius 3 is 2.78 bits per heavy atom. The zero-order valence-corrected chi connectivity index (χ0v) is 15.7. The van der Waals surface area contributed by atoms with E-state index in [1.54, 1.807) is 6.20 Å². The largest absolute Gasteiger partial charge is 0.444 e. The van der Waals surface area contributed by atoms with Gasteiger partial charge in [0.25, 0.3) is 0 Å². The predicted molar refractivity (Wildman–Crippen MR) is 94.2 cm³/mol. The second kappa shape index (κ2) is 8.11. The molecule has 1 aromatic rings.